The lowest BCUT2D eigenvalue weighted by Crippen LogP contribution is -2.38. The Morgan fingerprint density at radius 1 is 1.21 bits per heavy atom. The van der Waals surface area contributed by atoms with E-state index in [0.717, 1.165) is 5.56 Å². The molecule has 6 nitrogen and oxygen atoms in total. The Morgan fingerprint density at radius 2 is 2.00 bits per heavy atom. The number of carbonyl (C=O) groups excluding carboxylic acids is 1. The Balaban J connectivity index is 1.74. The molecule has 152 valence electrons. The van der Waals surface area contributed by atoms with Crippen LogP contribution in [0.15, 0.2) is 40.7 Å². The van der Waals surface area contributed by atoms with E-state index in [-0.39, 0.29) is 11.7 Å². The Morgan fingerprint density at radius 3 is 2.68 bits per heavy atom. The van der Waals surface area contributed by atoms with Gasteiger partial charge in [-0.3, -0.25) is 9.79 Å². The van der Waals surface area contributed by atoms with Gasteiger partial charge < -0.3 is 20.7 Å². The Hall–Kier alpha value is -2.68. The summed E-state index contributed by atoms with van der Waals surface area (Å²) in [7, 11) is 1.63. The van der Waals surface area contributed by atoms with E-state index in [0.29, 0.717) is 42.5 Å². The van der Waals surface area contributed by atoms with Crippen LogP contribution in [0.5, 0.6) is 5.75 Å². The number of ether oxygens (including phenoxy) is 1. The SMILES string of the molecule is CN=C(NCCCNC(=O)c1cccs1)NCc1cc(C)ccc1OC(F)F. The molecule has 0 unspecified atom stereocenters. The number of amides is 1. The smallest absolute Gasteiger partial charge is 0.387 e. The molecule has 0 saturated heterocycles. The fraction of sp³-hybridized carbons (Fsp3) is 0.368. The molecule has 1 amide bonds. The number of hydrogen-bond acceptors (Lipinski definition) is 4. The van der Waals surface area contributed by atoms with Crippen molar-refractivity contribution in [2.45, 2.75) is 26.5 Å². The third kappa shape index (κ3) is 7.15. The van der Waals surface area contributed by atoms with Crippen molar-refractivity contribution in [3.05, 3.63) is 51.7 Å². The van der Waals surface area contributed by atoms with E-state index >= 15 is 0 Å². The van der Waals surface area contributed by atoms with Crippen molar-refractivity contribution < 1.29 is 18.3 Å². The summed E-state index contributed by atoms with van der Waals surface area (Å²) in [4.78, 5) is 16.6. The molecule has 2 rings (SSSR count). The Labute approximate surface area is 167 Å². The first-order chi connectivity index (χ1) is 13.5. The number of carbonyl (C=O) groups is 1. The van der Waals surface area contributed by atoms with E-state index in [9.17, 15) is 13.6 Å². The lowest BCUT2D eigenvalue weighted by Gasteiger charge is -2.15. The predicted octanol–water partition coefficient (Wildman–Crippen LogP) is 3.14. The monoisotopic (exact) mass is 410 g/mol. The summed E-state index contributed by atoms with van der Waals surface area (Å²) in [6, 6.07) is 8.66. The third-order valence-electron chi connectivity index (χ3n) is 3.78. The van der Waals surface area contributed by atoms with Gasteiger partial charge in [0.15, 0.2) is 5.96 Å². The number of halogens is 2. The average Bonchev–Trinajstić information content (AvgIpc) is 3.20. The number of aliphatic imine (C=N–C) groups is 1. The number of nitrogens with one attached hydrogen (secondary N) is 3. The fourth-order valence-electron chi connectivity index (χ4n) is 2.45. The number of alkyl halides is 2. The van der Waals surface area contributed by atoms with E-state index in [1.807, 2.05) is 18.4 Å². The minimum Gasteiger partial charge on any atom is -0.434 e. The van der Waals surface area contributed by atoms with Crippen molar-refractivity contribution in [2.75, 3.05) is 20.1 Å². The predicted molar refractivity (Wildman–Crippen MR) is 107 cm³/mol. The number of guanidine groups is 1. The topological polar surface area (TPSA) is 74.8 Å². The van der Waals surface area contributed by atoms with E-state index in [2.05, 4.69) is 25.7 Å². The van der Waals surface area contributed by atoms with Gasteiger partial charge in [0.25, 0.3) is 5.91 Å². The summed E-state index contributed by atoms with van der Waals surface area (Å²) in [6.07, 6.45) is 0.710. The zero-order valence-corrected chi connectivity index (χ0v) is 16.6. The van der Waals surface area contributed by atoms with Crippen molar-refractivity contribution in [3.8, 4) is 5.75 Å². The molecule has 0 atom stereocenters. The van der Waals surface area contributed by atoms with Crippen LogP contribution in [0, 0.1) is 6.92 Å². The number of benzene rings is 1. The van der Waals surface area contributed by atoms with Gasteiger partial charge >= 0.3 is 6.61 Å². The van der Waals surface area contributed by atoms with Crippen LogP contribution in [-0.2, 0) is 6.54 Å². The van der Waals surface area contributed by atoms with Gasteiger partial charge in [0, 0.05) is 32.2 Å². The maximum absolute atomic E-state index is 12.5. The van der Waals surface area contributed by atoms with E-state index in [4.69, 9.17) is 0 Å². The molecule has 0 radical (unpaired) electrons. The summed E-state index contributed by atoms with van der Waals surface area (Å²) in [5, 5.41) is 10.9. The number of rotatable bonds is 9. The second kappa shape index (κ2) is 11.2. The van der Waals surface area contributed by atoms with E-state index in [1.165, 1.54) is 17.4 Å². The highest BCUT2D eigenvalue weighted by Gasteiger charge is 2.10. The standard InChI is InChI=1S/C19H24F2N4O2S/c1-13-6-7-15(27-18(20)21)14(11-13)12-25-19(22-2)24-9-4-8-23-17(26)16-5-3-10-28-16/h3,5-7,10-11,18H,4,8-9,12H2,1-2H3,(H,23,26)(H2,22,24,25). The maximum atomic E-state index is 12.5. The lowest BCUT2D eigenvalue weighted by molar-refractivity contribution is -0.0504. The van der Waals surface area contributed by atoms with Crippen molar-refractivity contribution >= 4 is 23.2 Å². The molecule has 0 aliphatic rings. The van der Waals surface area contributed by atoms with E-state index in [1.54, 1.807) is 25.2 Å². The minimum atomic E-state index is -2.87. The molecule has 9 heteroatoms. The van der Waals surface area contributed by atoms with Crippen LogP contribution in [0.1, 0.15) is 27.2 Å². The molecule has 2 aromatic rings. The molecule has 0 fully saturated rings. The number of thiophene rings is 1. The van der Waals surface area contributed by atoms with Gasteiger partial charge in [0.2, 0.25) is 0 Å². The van der Waals surface area contributed by atoms with Crippen molar-refractivity contribution in [2.24, 2.45) is 4.99 Å². The van der Waals surface area contributed by atoms with Crippen LogP contribution >= 0.6 is 11.3 Å². The molecule has 0 bridgehead atoms. The summed E-state index contributed by atoms with van der Waals surface area (Å²) in [5.41, 5.74) is 1.56. The molecule has 3 N–H and O–H groups in total. The summed E-state index contributed by atoms with van der Waals surface area (Å²) in [5.74, 6) is 0.595. The highest BCUT2D eigenvalue weighted by atomic mass is 32.1. The normalized spacial score (nSPS) is 11.4. The molecule has 1 aromatic carbocycles. The quantitative estimate of drug-likeness (QED) is 0.337. The first kappa shape index (κ1) is 21.6. The Bertz CT molecular complexity index is 782. The summed E-state index contributed by atoms with van der Waals surface area (Å²) >= 11 is 1.40. The summed E-state index contributed by atoms with van der Waals surface area (Å²) < 4.78 is 29.6. The van der Waals surface area contributed by atoms with Gasteiger partial charge in [-0.1, -0.05) is 23.8 Å². The molecule has 0 spiro atoms. The van der Waals surface area contributed by atoms with Crippen LogP contribution in [0.2, 0.25) is 0 Å². The van der Waals surface area contributed by atoms with Crippen LogP contribution < -0.4 is 20.7 Å². The molecule has 0 saturated carbocycles. The first-order valence-corrected chi connectivity index (χ1v) is 9.68. The lowest BCUT2D eigenvalue weighted by atomic mass is 10.1. The van der Waals surface area contributed by atoms with Gasteiger partial charge in [-0.25, -0.2) is 0 Å². The van der Waals surface area contributed by atoms with Crippen LogP contribution in [0.25, 0.3) is 0 Å². The molecule has 0 aliphatic heterocycles. The molecule has 1 heterocycles. The van der Waals surface area contributed by atoms with Crippen LogP contribution in [0.3, 0.4) is 0 Å². The van der Waals surface area contributed by atoms with E-state index < -0.39 is 6.61 Å². The second-order valence-electron chi connectivity index (χ2n) is 5.93. The summed E-state index contributed by atoms with van der Waals surface area (Å²) in [6.45, 7) is 0.429. The first-order valence-electron chi connectivity index (χ1n) is 8.80. The number of nitrogens with zero attached hydrogens (tertiary/aromatic N) is 1. The van der Waals surface area contributed by atoms with Crippen molar-refractivity contribution in [3.63, 3.8) is 0 Å². The molecule has 28 heavy (non-hydrogen) atoms. The Kier molecular flexibility index (Phi) is 8.67. The zero-order valence-electron chi connectivity index (χ0n) is 15.8. The van der Waals surface area contributed by atoms with Crippen molar-refractivity contribution in [1.29, 1.82) is 0 Å². The zero-order chi connectivity index (χ0) is 20.4. The molecular weight excluding hydrogens is 386 g/mol. The fourth-order valence-corrected chi connectivity index (χ4v) is 3.09. The third-order valence-corrected chi connectivity index (χ3v) is 4.65. The number of aryl methyl sites for hydroxylation is 1. The van der Waals surface area contributed by atoms with Gasteiger partial charge in [-0.05, 0) is 30.9 Å². The average molecular weight is 410 g/mol. The van der Waals surface area contributed by atoms with Gasteiger partial charge in [0.05, 0.1) is 4.88 Å². The van der Waals surface area contributed by atoms with Crippen molar-refractivity contribution in [1.82, 2.24) is 16.0 Å². The number of hydrogen-bond donors (Lipinski definition) is 3. The largest absolute Gasteiger partial charge is 0.434 e. The van der Waals surface area contributed by atoms with Crippen LogP contribution in [0.4, 0.5) is 8.78 Å². The van der Waals surface area contributed by atoms with Crippen LogP contribution in [-0.4, -0.2) is 38.6 Å². The second-order valence-corrected chi connectivity index (χ2v) is 6.88. The van der Waals surface area contributed by atoms with Gasteiger partial charge in [-0.15, -0.1) is 11.3 Å². The highest BCUT2D eigenvalue weighted by Crippen LogP contribution is 2.21. The molecular formula is C19H24F2N4O2S. The highest BCUT2D eigenvalue weighted by molar-refractivity contribution is 7.12. The molecule has 1 aromatic heterocycles. The van der Waals surface area contributed by atoms with Gasteiger partial charge in [-0.2, -0.15) is 8.78 Å². The minimum absolute atomic E-state index is 0.0801. The van der Waals surface area contributed by atoms with Gasteiger partial charge in [0.1, 0.15) is 5.75 Å². The maximum Gasteiger partial charge on any atom is 0.387 e. The molecule has 0 aliphatic carbocycles.